The molecule has 0 aromatic heterocycles. The lowest BCUT2D eigenvalue weighted by molar-refractivity contribution is -0.144. The number of halogens is 1. The summed E-state index contributed by atoms with van der Waals surface area (Å²) in [5.41, 5.74) is 0.195. The second kappa shape index (κ2) is 8.28. The SMILES string of the molecule is COc1cc(Cl)ccc1NC(=O)C(O)C(O)C(O)C(O)CO. The van der Waals surface area contributed by atoms with Gasteiger partial charge in [0.05, 0.1) is 19.4 Å². The van der Waals surface area contributed by atoms with Crippen LogP contribution in [0.4, 0.5) is 5.69 Å². The predicted octanol–water partition coefficient (Wildman–Crippen LogP) is -1.28. The summed E-state index contributed by atoms with van der Waals surface area (Å²) in [6.07, 6.45) is -7.60. The van der Waals surface area contributed by atoms with Gasteiger partial charge in [-0.15, -0.1) is 0 Å². The minimum Gasteiger partial charge on any atom is -0.495 e. The maximum absolute atomic E-state index is 11.9. The number of nitrogens with one attached hydrogen (secondary N) is 1. The van der Waals surface area contributed by atoms with E-state index >= 15 is 0 Å². The third kappa shape index (κ3) is 4.54. The molecule has 0 bridgehead atoms. The molecular weight excluding hydrogens is 318 g/mol. The van der Waals surface area contributed by atoms with Gasteiger partial charge in [0, 0.05) is 11.1 Å². The van der Waals surface area contributed by atoms with Gasteiger partial charge in [-0.1, -0.05) is 11.6 Å². The fraction of sp³-hybridized carbons (Fsp3) is 0.462. The molecule has 0 radical (unpaired) electrons. The maximum atomic E-state index is 11.9. The summed E-state index contributed by atoms with van der Waals surface area (Å²) >= 11 is 5.77. The molecule has 1 amide bonds. The highest BCUT2D eigenvalue weighted by Gasteiger charge is 2.34. The summed E-state index contributed by atoms with van der Waals surface area (Å²) in [4.78, 5) is 11.9. The van der Waals surface area contributed by atoms with E-state index in [1.165, 1.54) is 25.3 Å². The van der Waals surface area contributed by atoms with Crippen LogP contribution in [0.15, 0.2) is 18.2 Å². The molecule has 124 valence electrons. The molecule has 22 heavy (non-hydrogen) atoms. The van der Waals surface area contributed by atoms with E-state index < -0.39 is 36.9 Å². The van der Waals surface area contributed by atoms with Crippen LogP contribution < -0.4 is 10.1 Å². The summed E-state index contributed by atoms with van der Waals surface area (Å²) in [5.74, 6) is -0.796. The standard InChI is InChI=1S/C13H18ClNO7/c1-22-9-4-6(14)2-3-7(9)15-13(21)12(20)11(19)10(18)8(17)5-16/h2-4,8,10-12,16-20H,5H2,1H3,(H,15,21). The Bertz CT molecular complexity index is 513. The van der Waals surface area contributed by atoms with Gasteiger partial charge >= 0.3 is 0 Å². The Hall–Kier alpha value is -1.42. The Morgan fingerprint density at radius 1 is 1.27 bits per heavy atom. The molecule has 4 unspecified atom stereocenters. The summed E-state index contributed by atoms with van der Waals surface area (Å²) in [6, 6.07) is 4.34. The normalized spacial score (nSPS) is 16.5. The fourth-order valence-corrected chi connectivity index (χ4v) is 1.81. The zero-order valence-corrected chi connectivity index (χ0v) is 12.4. The third-order valence-corrected chi connectivity index (χ3v) is 3.18. The van der Waals surface area contributed by atoms with Crippen molar-refractivity contribution < 1.29 is 35.1 Å². The van der Waals surface area contributed by atoms with E-state index in [1.54, 1.807) is 0 Å². The fourth-order valence-electron chi connectivity index (χ4n) is 1.65. The monoisotopic (exact) mass is 335 g/mol. The van der Waals surface area contributed by atoms with E-state index in [1.807, 2.05) is 0 Å². The van der Waals surface area contributed by atoms with Crippen LogP contribution in [-0.4, -0.2) is 69.6 Å². The number of aliphatic hydroxyl groups excluding tert-OH is 5. The summed E-state index contributed by atoms with van der Waals surface area (Å²) in [6.45, 7) is -0.836. The molecule has 0 heterocycles. The lowest BCUT2D eigenvalue weighted by Gasteiger charge is -2.25. The third-order valence-electron chi connectivity index (χ3n) is 2.94. The van der Waals surface area contributed by atoms with Crippen LogP contribution in [0.25, 0.3) is 0 Å². The average molecular weight is 336 g/mol. The van der Waals surface area contributed by atoms with Crippen LogP contribution in [0.1, 0.15) is 0 Å². The van der Waals surface area contributed by atoms with Crippen LogP contribution in [0, 0.1) is 0 Å². The Balaban J connectivity index is 2.80. The summed E-state index contributed by atoms with van der Waals surface area (Å²) in [5, 5.41) is 49.3. The molecule has 4 atom stereocenters. The largest absolute Gasteiger partial charge is 0.495 e. The van der Waals surface area contributed by atoms with Crippen LogP contribution in [0.5, 0.6) is 5.75 Å². The van der Waals surface area contributed by atoms with E-state index in [0.717, 1.165) is 0 Å². The molecule has 0 aliphatic carbocycles. The van der Waals surface area contributed by atoms with Crippen molar-refractivity contribution >= 4 is 23.2 Å². The summed E-state index contributed by atoms with van der Waals surface area (Å²) in [7, 11) is 1.36. The van der Waals surface area contributed by atoms with Gasteiger partial charge < -0.3 is 35.6 Å². The van der Waals surface area contributed by atoms with E-state index in [9.17, 15) is 25.2 Å². The highest BCUT2D eigenvalue weighted by Crippen LogP contribution is 2.28. The summed E-state index contributed by atoms with van der Waals surface area (Å²) < 4.78 is 5.00. The van der Waals surface area contributed by atoms with Gasteiger partial charge in [0.15, 0.2) is 6.10 Å². The second-order valence-corrected chi connectivity index (χ2v) is 4.95. The van der Waals surface area contributed by atoms with Gasteiger partial charge in [-0.3, -0.25) is 4.79 Å². The Labute approximate surface area is 131 Å². The first-order chi connectivity index (χ1) is 10.3. The second-order valence-electron chi connectivity index (χ2n) is 4.51. The molecule has 0 saturated carbocycles. The first kappa shape index (κ1) is 18.6. The van der Waals surface area contributed by atoms with Crippen molar-refractivity contribution in [3.05, 3.63) is 23.2 Å². The van der Waals surface area contributed by atoms with Crippen LogP contribution in [0.2, 0.25) is 5.02 Å². The number of anilines is 1. The number of hydrogen-bond acceptors (Lipinski definition) is 7. The van der Waals surface area contributed by atoms with Gasteiger partial charge in [-0.05, 0) is 12.1 Å². The van der Waals surface area contributed by atoms with Crippen molar-refractivity contribution in [3.63, 3.8) is 0 Å². The lowest BCUT2D eigenvalue weighted by atomic mass is 10.0. The van der Waals surface area contributed by atoms with Crippen LogP contribution in [0.3, 0.4) is 0 Å². The highest BCUT2D eigenvalue weighted by atomic mass is 35.5. The zero-order chi connectivity index (χ0) is 16.9. The molecule has 0 aliphatic heterocycles. The van der Waals surface area contributed by atoms with E-state index in [0.29, 0.717) is 5.02 Å². The average Bonchev–Trinajstić information content (AvgIpc) is 2.53. The maximum Gasteiger partial charge on any atom is 0.256 e. The topological polar surface area (TPSA) is 139 Å². The molecule has 0 aliphatic rings. The molecule has 8 nitrogen and oxygen atoms in total. The van der Waals surface area contributed by atoms with Gasteiger partial charge in [0.25, 0.3) is 5.91 Å². The van der Waals surface area contributed by atoms with Gasteiger partial charge in [0.2, 0.25) is 0 Å². The molecular formula is C13H18ClNO7. The Morgan fingerprint density at radius 3 is 2.45 bits per heavy atom. The number of ether oxygens (including phenoxy) is 1. The van der Waals surface area contributed by atoms with E-state index in [-0.39, 0.29) is 11.4 Å². The van der Waals surface area contributed by atoms with Crippen molar-refractivity contribution in [1.82, 2.24) is 0 Å². The number of rotatable bonds is 7. The number of methoxy groups -OCH3 is 1. The molecule has 9 heteroatoms. The van der Waals surface area contributed by atoms with Crippen molar-refractivity contribution in [1.29, 1.82) is 0 Å². The molecule has 6 N–H and O–H groups in total. The van der Waals surface area contributed by atoms with Gasteiger partial charge in [-0.25, -0.2) is 0 Å². The number of carbonyl (C=O) groups excluding carboxylic acids is 1. The molecule has 1 aromatic carbocycles. The van der Waals surface area contributed by atoms with E-state index in [2.05, 4.69) is 5.32 Å². The van der Waals surface area contributed by atoms with Crippen LogP contribution >= 0.6 is 11.6 Å². The first-order valence-corrected chi connectivity index (χ1v) is 6.67. The molecule has 0 fully saturated rings. The highest BCUT2D eigenvalue weighted by molar-refractivity contribution is 6.30. The smallest absolute Gasteiger partial charge is 0.256 e. The molecule has 0 saturated heterocycles. The minimum absolute atomic E-state index is 0.195. The number of benzene rings is 1. The zero-order valence-electron chi connectivity index (χ0n) is 11.7. The van der Waals surface area contributed by atoms with Crippen molar-refractivity contribution in [2.24, 2.45) is 0 Å². The molecule has 0 spiro atoms. The van der Waals surface area contributed by atoms with Gasteiger partial charge in [-0.2, -0.15) is 0 Å². The quantitative estimate of drug-likeness (QED) is 0.365. The predicted molar refractivity (Wildman–Crippen MR) is 77.7 cm³/mol. The number of carbonyl (C=O) groups is 1. The molecule has 1 aromatic rings. The van der Waals surface area contributed by atoms with Crippen molar-refractivity contribution in [2.45, 2.75) is 24.4 Å². The van der Waals surface area contributed by atoms with E-state index in [4.69, 9.17) is 21.4 Å². The molecule has 1 rings (SSSR count). The minimum atomic E-state index is -2.03. The lowest BCUT2D eigenvalue weighted by Crippen LogP contribution is -2.50. The number of hydrogen-bond donors (Lipinski definition) is 6. The first-order valence-electron chi connectivity index (χ1n) is 6.29. The van der Waals surface area contributed by atoms with Crippen molar-refractivity contribution in [3.8, 4) is 5.75 Å². The Morgan fingerprint density at radius 2 is 1.91 bits per heavy atom. The van der Waals surface area contributed by atoms with Gasteiger partial charge in [0.1, 0.15) is 24.1 Å². The Kier molecular flexibility index (Phi) is 7.01. The number of amides is 1. The number of aliphatic hydroxyl groups is 5. The van der Waals surface area contributed by atoms with Crippen LogP contribution in [-0.2, 0) is 4.79 Å². The van der Waals surface area contributed by atoms with Crippen molar-refractivity contribution in [2.75, 3.05) is 19.0 Å².